The average molecular weight is 516 g/mol. The number of anilines is 2. The van der Waals surface area contributed by atoms with Crippen LogP contribution < -0.4 is 5.32 Å². The molecule has 4 aromatic heterocycles. The van der Waals surface area contributed by atoms with E-state index in [0.29, 0.717) is 29.1 Å². The minimum Gasteiger partial charge on any atom is -0.309 e. The molecule has 2 bridgehead atoms. The Morgan fingerprint density at radius 1 is 1.05 bits per heavy atom. The number of hydrogen-bond acceptors (Lipinski definition) is 8. The fourth-order valence-electron chi connectivity index (χ4n) is 6.23. The van der Waals surface area contributed by atoms with Gasteiger partial charge in [0.05, 0.1) is 11.9 Å². The third-order valence-electron chi connectivity index (χ3n) is 7.85. The fourth-order valence-corrected chi connectivity index (χ4v) is 6.23. The molecule has 2 unspecified atom stereocenters. The quantitative estimate of drug-likeness (QED) is 0.385. The number of nitrogens with zero attached hydrogens (tertiary/aromatic N) is 8. The number of aromatic nitrogens is 6. The Morgan fingerprint density at radius 3 is 2.53 bits per heavy atom. The molecule has 6 heterocycles. The van der Waals surface area contributed by atoms with Crippen molar-refractivity contribution >= 4 is 22.8 Å². The minimum absolute atomic E-state index is 0.188. The van der Waals surface area contributed by atoms with E-state index in [0.717, 1.165) is 37.3 Å². The predicted molar refractivity (Wildman–Crippen MR) is 146 cm³/mol. The molecular weight excluding hydrogens is 481 g/mol. The van der Waals surface area contributed by atoms with Gasteiger partial charge in [0.15, 0.2) is 11.5 Å². The van der Waals surface area contributed by atoms with E-state index in [1.807, 2.05) is 30.1 Å². The number of fused-ring (bicyclic) bond motifs is 3. The van der Waals surface area contributed by atoms with E-state index in [-0.39, 0.29) is 17.6 Å². The largest absolute Gasteiger partial charge is 0.309 e. The monoisotopic (exact) mass is 515 g/mol. The van der Waals surface area contributed by atoms with Crippen molar-refractivity contribution in [1.29, 1.82) is 0 Å². The van der Waals surface area contributed by atoms with E-state index in [2.05, 4.69) is 67.0 Å². The van der Waals surface area contributed by atoms with Gasteiger partial charge in [-0.2, -0.15) is 5.10 Å². The van der Waals surface area contributed by atoms with Gasteiger partial charge in [-0.1, -0.05) is 26.8 Å². The normalized spacial score (nSPS) is 20.1. The van der Waals surface area contributed by atoms with Crippen LogP contribution in [0.15, 0.2) is 36.8 Å². The van der Waals surface area contributed by atoms with Crippen LogP contribution in [0.4, 0.5) is 16.2 Å². The maximum absolute atomic E-state index is 14.8. The second-order valence-corrected chi connectivity index (χ2v) is 10.7. The molecule has 4 aromatic rings. The highest BCUT2D eigenvalue weighted by Crippen LogP contribution is 2.31. The Bertz CT molecular complexity index is 1430. The van der Waals surface area contributed by atoms with Crippen LogP contribution in [0.2, 0.25) is 0 Å². The van der Waals surface area contributed by atoms with Crippen molar-refractivity contribution in [3.63, 3.8) is 0 Å². The highest BCUT2D eigenvalue weighted by Gasteiger charge is 2.38. The summed E-state index contributed by atoms with van der Waals surface area (Å²) >= 11 is 0. The number of halogens is 1. The molecule has 1 N–H and O–H groups in total. The summed E-state index contributed by atoms with van der Waals surface area (Å²) in [5.74, 6) is 0.640. The van der Waals surface area contributed by atoms with E-state index >= 15 is 0 Å². The molecule has 38 heavy (non-hydrogen) atoms. The molecule has 10 heteroatoms. The second kappa shape index (κ2) is 9.99. The first-order valence-electron chi connectivity index (χ1n) is 13.4. The number of hydrogen-bond donors (Lipinski definition) is 1. The predicted octanol–water partition coefficient (Wildman–Crippen LogP) is 4.49. The van der Waals surface area contributed by atoms with Crippen molar-refractivity contribution in [3.05, 3.63) is 53.9 Å². The molecule has 2 atom stereocenters. The summed E-state index contributed by atoms with van der Waals surface area (Å²) in [6.07, 6.45) is 7.30. The van der Waals surface area contributed by atoms with Gasteiger partial charge in [-0.3, -0.25) is 14.5 Å². The van der Waals surface area contributed by atoms with E-state index in [4.69, 9.17) is 0 Å². The third kappa shape index (κ3) is 4.63. The first-order valence-corrected chi connectivity index (χ1v) is 13.4. The molecular formula is C28H34FN9. The number of nitrogens with one attached hydrogen (secondary N) is 1. The van der Waals surface area contributed by atoms with Crippen LogP contribution in [0.25, 0.3) is 22.3 Å². The van der Waals surface area contributed by atoms with Crippen molar-refractivity contribution in [2.24, 2.45) is 7.05 Å². The van der Waals surface area contributed by atoms with Crippen LogP contribution in [-0.2, 0) is 13.6 Å². The minimum atomic E-state index is -0.507. The maximum Gasteiger partial charge on any atom is 0.229 e. The Balaban J connectivity index is 1.17. The van der Waals surface area contributed by atoms with Gasteiger partial charge in [-0.25, -0.2) is 24.3 Å². The zero-order valence-electron chi connectivity index (χ0n) is 22.4. The molecule has 0 radical (unpaired) electrons. The van der Waals surface area contributed by atoms with Crippen molar-refractivity contribution < 1.29 is 4.39 Å². The van der Waals surface area contributed by atoms with Gasteiger partial charge in [0.2, 0.25) is 5.95 Å². The number of pyridine rings is 2. The molecule has 0 spiro atoms. The van der Waals surface area contributed by atoms with Gasteiger partial charge in [-0.15, -0.1) is 0 Å². The lowest BCUT2D eigenvalue weighted by Gasteiger charge is -2.40. The highest BCUT2D eigenvalue weighted by molar-refractivity contribution is 5.83. The number of rotatable bonds is 7. The summed E-state index contributed by atoms with van der Waals surface area (Å²) in [5.41, 5.74) is 3.63. The van der Waals surface area contributed by atoms with Gasteiger partial charge < -0.3 is 5.32 Å². The molecule has 198 valence electrons. The third-order valence-corrected chi connectivity index (χ3v) is 7.85. The summed E-state index contributed by atoms with van der Waals surface area (Å²) in [6, 6.07) is 7.28. The smallest absolute Gasteiger partial charge is 0.229 e. The Labute approximate surface area is 222 Å². The molecule has 6 rings (SSSR count). The fraction of sp³-hybridized carbons (Fsp3) is 0.464. The van der Waals surface area contributed by atoms with Crippen LogP contribution in [0.3, 0.4) is 0 Å². The van der Waals surface area contributed by atoms with Gasteiger partial charge in [0, 0.05) is 62.1 Å². The van der Waals surface area contributed by atoms with E-state index < -0.39 is 5.82 Å². The summed E-state index contributed by atoms with van der Waals surface area (Å²) in [7, 11) is 1.90. The van der Waals surface area contributed by atoms with Crippen LogP contribution in [-0.4, -0.2) is 71.2 Å². The first-order chi connectivity index (χ1) is 18.4. The zero-order valence-corrected chi connectivity index (χ0v) is 22.4. The average Bonchev–Trinajstić information content (AvgIpc) is 3.37. The van der Waals surface area contributed by atoms with Crippen LogP contribution >= 0.6 is 0 Å². The zero-order chi connectivity index (χ0) is 26.4. The van der Waals surface area contributed by atoms with E-state index in [1.54, 1.807) is 6.20 Å². The summed E-state index contributed by atoms with van der Waals surface area (Å²) in [4.78, 5) is 22.8. The van der Waals surface area contributed by atoms with Gasteiger partial charge in [-0.05, 0) is 43.0 Å². The topological polar surface area (TPSA) is 87.9 Å². The van der Waals surface area contributed by atoms with Gasteiger partial charge >= 0.3 is 0 Å². The SMILES string of the molecule is CCN1C2CCC1CN(Cc1ccc(Nc3ncc(F)c(-c4cnc5nn(C)c(C(C)C)c5c4)n3)nc1)C2. The second-order valence-electron chi connectivity index (χ2n) is 10.7. The summed E-state index contributed by atoms with van der Waals surface area (Å²) in [6.45, 7) is 10.8. The standard InChI is InChI=1S/C28H34FN9/c1-5-38-20-7-8-21(38)16-37(15-20)14-18-6-9-24(30-11-18)33-28-32-13-23(29)25(34-28)19-10-22-26(17(2)3)36(4)35-27(22)31-12-19/h6,9-13,17,20-21H,5,7-8,14-16H2,1-4H3,(H,30,32,33,34). The molecule has 9 nitrogen and oxygen atoms in total. The molecule has 0 saturated carbocycles. The number of likely N-dealkylation sites (tertiary alicyclic amines) is 1. The maximum atomic E-state index is 14.8. The van der Waals surface area contributed by atoms with Crippen LogP contribution in [0, 0.1) is 5.82 Å². The number of likely N-dealkylation sites (N-methyl/N-ethyl adjacent to an activating group) is 1. The molecule has 2 saturated heterocycles. The number of aryl methyl sites for hydroxylation is 1. The first kappa shape index (κ1) is 24.8. The van der Waals surface area contributed by atoms with E-state index in [9.17, 15) is 4.39 Å². The van der Waals surface area contributed by atoms with Crippen molar-refractivity contribution in [1.82, 2.24) is 39.5 Å². The van der Waals surface area contributed by atoms with Crippen molar-refractivity contribution in [3.8, 4) is 11.3 Å². The summed E-state index contributed by atoms with van der Waals surface area (Å²) < 4.78 is 16.6. The Kier molecular flexibility index (Phi) is 6.53. The molecule has 2 fully saturated rings. The Morgan fingerprint density at radius 2 is 1.84 bits per heavy atom. The van der Waals surface area contributed by atoms with Gasteiger partial charge in [0.25, 0.3) is 0 Å². The Hall–Kier alpha value is -3.50. The van der Waals surface area contributed by atoms with Crippen LogP contribution in [0.5, 0.6) is 0 Å². The molecule has 0 amide bonds. The molecule has 2 aliphatic heterocycles. The molecule has 0 aliphatic carbocycles. The lowest BCUT2D eigenvalue weighted by Crippen LogP contribution is -2.53. The number of piperazine rings is 1. The lowest BCUT2D eigenvalue weighted by molar-refractivity contribution is 0.0669. The summed E-state index contributed by atoms with van der Waals surface area (Å²) in [5, 5.41) is 8.50. The van der Waals surface area contributed by atoms with E-state index in [1.165, 1.54) is 24.6 Å². The van der Waals surface area contributed by atoms with Crippen LogP contribution in [0.1, 0.15) is 50.8 Å². The van der Waals surface area contributed by atoms with Crippen molar-refractivity contribution in [2.75, 3.05) is 25.0 Å². The molecule has 2 aliphatic rings. The van der Waals surface area contributed by atoms with Gasteiger partial charge in [0.1, 0.15) is 11.5 Å². The molecule has 0 aromatic carbocycles. The highest BCUT2D eigenvalue weighted by atomic mass is 19.1. The van der Waals surface area contributed by atoms with Crippen molar-refractivity contribution in [2.45, 2.75) is 58.2 Å². The lowest BCUT2D eigenvalue weighted by atomic mass is 10.1.